The predicted molar refractivity (Wildman–Crippen MR) is 96.3 cm³/mol. The van der Waals surface area contributed by atoms with Gasteiger partial charge in [-0.15, -0.1) is 0 Å². The third-order valence-electron chi connectivity index (χ3n) is 3.14. The molecule has 0 aliphatic heterocycles. The number of benzene rings is 3. The summed E-state index contributed by atoms with van der Waals surface area (Å²) in [5.41, 5.74) is 1.50. The quantitative estimate of drug-likeness (QED) is 0.521. The highest BCUT2D eigenvalue weighted by molar-refractivity contribution is 7.00. The first-order valence-corrected chi connectivity index (χ1v) is 7.51. The lowest BCUT2D eigenvalue weighted by molar-refractivity contribution is 1.53. The van der Waals surface area contributed by atoms with Crippen molar-refractivity contribution in [1.29, 1.82) is 0 Å². The fourth-order valence-corrected chi connectivity index (χ4v) is 2.39. The molecule has 108 valence electrons. The van der Waals surface area contributed by atoms with E-state index < -0.39 is 0 Å². The van der Waals surface area contributed by atoms with Gasteiger partial charge >= 0.3 is 0 Å². The van der Waals surface area contributed by atoms with Gasteiger partial charge < -0.3 is 0 Å². The van der Waals surface area contributed by atoms with Crippen molar-refractivity contribution in [2.45, 2.75) is 0 Å². The number of para-hydroxylation sites is 1. The highest BCUT2D eigenvalue weighted by Gasteiger charge is 2.05. The van der Waals surface area contributed by atoms with Crippen molar-refractivity contribution < 1.29 is 0 Å². The third kappa shape index (κ3) is 3.35. The maximum absolute atomic E-state index is 6.20. The van der Waals surface area contributed by atoms with Crippen LogP contribution in [0.1, 0.15) is 0 Å². The lowest BCUT2D eigenvalue weighted by Gasteiger charge is -2.02. The monoisotopic (exact) mass is 326 g/mol. The standard InChI is InChI=1S/C18H12Cl2N2/c19-17(21-14-9-2-1-3-10-14)18(20)22-16-12-6-8-13-7-4-5-11-15(13)16/h1-12H. The molecule has 4 heteroatoms. The van der Waals surface area contributed by atoms with Crippen molar-refractivity contribution in [1.82, 2.24) is 0 Å². The highest BCUT2D eigenvalue weighted by atomic mass is 35.5. The molecule has 0 N–H and O–H groups in total. The maximum atomic E-state index is 6.20. The van der Waals surface area contributed by atoms with Gasteiger partial charge in [0.05, 0.1) is 11.4 Å². The van der Waals surface area contributed by atoms with Gasteiger partial charge in [-0.2, -0.15) is 0 Å². The van der Waals surface area contributed by atoms with E-state index in [1.165, 1.54) is 0 Å². The van der Waals surface area contributed by atoms with Crippen LogP contribution >= 0.6 is 23.2 Å². The molecule has 0 aliphatic carbocycles. The van der Waals surface area contributed by atoms with E-state index >= 15 is 0 Å². The molecule has 3 rings (SSSR count). The van der Waals surface area contributed by atoms with E-state index in [4.69, 9.17) is 23.2 Å². The molecule has 0 saturated heterocycles. The Morgan fingerprint density at radius 2 is 1.27 bits per heavy atom. The molecule has 0 aliphatic rings. The van der Waals surface area contributed by atoms with Crippen molar-refractivity contribution >= 4 is 55.7 Å². The largest absolute Gasteiger partial charge is 0.233 e. The van der Waals surface area contributed by atoms with Crippen LogP contribution in [-0.2, 0) is 0 Å². The average molecular weight is 327 g/mol. The summed E-state index contributed by atoms with van der Waals surface area (Å²) in [4.78, 5) is 8.66. The SMILES string of the molecule is ClC(=Nc1ccccc1)C(Cl)=Nc1cccc2ccccc12. The summed E-state index contributed by atoms with van der Waals surface area (Å²) in [6, 6.07) is 23.2. The zero-order chi connectivity index (χ0) is 15.4. The molecule has 0 atom stereocenters. The van der Waals surface area contributed by atoms with Crippen LogP contribution in [0.2, 0.25) is 0 Å². The first kappa shape index (κ1) is 14.8. The minimum atomic E-state index is 0.167. The van der Waals surface area contributed by atoms with E-state index in [2.05, 4.69) is 9.98 Å². The second-order valence-electron chi connectivity index (χ2n) is 4.64. The van der Waals surface area contributed by atoms with E-state index in [1.807, 2.05) is 72.8 Å². The molecule has 0 aromatic heterocycles. The third-order valence-corrected chi connectivity index (χ3v) is 3.76. The van der Waals surface area contributed by atoms with Crippen LogP contribution in [-0.4, -0.2) is 10.3 Å². The maximum Gasteiger partial charge on any atom is 0.166 e. The lowest BCUT2D eigenvalue weighted by atomic mass is 10.1. The van der Waals surface area contributed by atoms with Crippen LogP contribution in [0.5, 0.6) is 0 Å². The molecule has 0 spiro atoms. The number of fused-ring (bicyclic) bond motifs is 1. The Kier molecular flexibility index (Phi) is 4.52. The topological polar surface area (TPSA) is 24.7 Å². The van der Waals surface area contributed by atoms with Gasteiger partial charge in [-0.25, -0.2) is 9.98 Å². The number of hydrogen-bond acceptors (Lipinski definition) is 2. The molecular weight excluding hydrogens is 315 g/mol. The Labute approximate surface area is 138 Å². The van der Waals surface area contributed by atoms with Gasteiger partial charge in [0.1, 0.15) is 0 Å². The van der Waals surface area contributed by atoms with Crippen LogP contribution in [0.4, 0.5) is 11.4 Å². The van der Waals surface area contributed by atoms with Crippen LogP contribution in [0.25, 0.3) is 10.8 Å². The molecule has 2 nitrogen and oxygen atoms in total. The first-order chi connectivity index (χ1) is 10.7. The molecule has 3 aromatic carbocycles. The summed E-state index contributed by atoms with van der Waals surface area (Å²) in [5, 5.41) is 2.46. The summed E-state index contributed by atoms with van der Waals surface area (Å²) in [6.45, 7) is 0. The van der Waals surface area contributed by atoms with E-state index in [-0.39, 0.29) is 10.3 Å². The molecule has 22 heavy (non-hydrogen) atoms. The van der Waals surface area contributed by atoms with Crippen molar-refractivity contribution in [2.75, 3.05) is 0 Å². The second kappa shape index (κ2) is 6.73. The van der Waals surface area contributed by atoms with Crippen molar-refractivity contribution in [3.8, 4) is 0 Å². The highest BCUT2D eigenvalue weighted by Crippen LogP contribution is 2.26. The number of halogens is 2. The number of rotatable bonds is 3. The molecule has 0 radical (unpaired) electrons. The smallest absolute Gasteiger partial charge is 0.166 e. The molecule has 0 unspecified atom stereocenters. The average Bonchev–Trinajstić information content (AvgIpc) is 2.56. The normalized spacial score (nSPS) is 12.6. The van der Waals surface area contributed by atoms with Gasteiger partial charge in [0.2, 0.25) is 0 Å². The van der Waals surface area contributed by atoms with Crippen LogP contribution in [0.15, 0.2) is 82.8 Å². The fourth-order valence-electron chi connectivity index (χ4n) is 2.12. The Morgan fingerprint density at radius 3 is 2.09 bits per heavy atom. The van der Waals surface area contributed by atoms with Gasteiger partial charge in [0.25, 0.3) is 0 Å². The summed E-state index contributed by atoms with van der Waals surface area (Å²) in [7, 11) is 0. The summed E-state index contributed by atoms with van der Waals surface area (Å²) in [5.74, 6) is 0. The van der Waals surface area contributed by atoms with Crippen LogP contribution in [0, 0.1) is 0 Å². The number of aliphatic imine (C=N–C) groups is 2. The molecule has 0 heterocycles. The molecule has 0 fully saturated rings. The van der Waals surface area contributed by atoms with Gasteiger partial charge in [-0.1, -0.05) is 77.8 Å². The summed E-state index contributed by atoms with van der Waals surface area (Å²) in [6.07, 6.45) is 0. The Morgan fingerprint density at radius 1 is 0.636 bits per heavy atom. The molecule has 0 saturated carbocycles. The fraction of sp³-hybridized carbons (Fsp3) is 0. The van der Waals surface area contributed by atoms with Crippen molar-refractivity contribution in [3.05, 3.63) is 72.8 Å². The second-order valence-corrected chi connectivity index (χ2v) is 5.36. The van der Waals surface area contributed by atoms with Gasteiger partial charge in [0, 0.05) is 5.39 Å². The van der Waals surface area contributed by atoms with Gasteiger partial charge in [0.15, 0.2) is 10.3 Å². The molecule has 0 amide bonds. The Balaban J connectivity index is 1.98. The van der Waals surface area contributed by atoms with Gasteiger partial charge in [-0.3, -0.25) is 0 Å². The minimum absolute atomic E-state index is 0.167. The van der Waals surface area contributed by atoms with E-state index in [1.54, 1.807) is 0 Å². The van der Waals surface area contributed by atoms with Crippen LogP contribution in [0.3, 0.4) is 0 Å². The van der Waals surface area contributed by atoms with Crippen LogP contribution < -0.4 is 0 Å². The van der Waals surface area contributed by atoms with Crippen molar-refractivity contribution in [2.24, 2.45) is 9.98 Å². The van der Waals surface area contributed by atoms with Crippen molar-refractivity contribution in [3.63, 3.8) is 0 Å². The Bertz CT molecular complexity index is 850. The zero-order valence-corrected chi connectivity index (χ0v) is 13.1. The Hall–Kier alpha value is -2.16. The minimum Gasteiger partial charge on any atom is -0.233 e. The lowest BCUT2D eigenvalue weighted by Crippen LogP contribution is -1.98. The number of nitrogens with zero attached hydrogens (tertiary/aromatic N) is 2. The van der Waals surface area contributed by atoms with E-state index in [9.17, 15) is 0 Å². The van der Waals surface area contributed by atoms with E-state index in [0.717, 1.165) is 22.1 Å². The summed E-state index contributed by atoms with van der Waals surface area (Å²) >= 11 is 12.4. The molecule has 0 bridgehead atoms. The molecular formula is C18H12Cl2N2. The molecule has 3 aromatic rings. The number of hydrogen-bond donors (Lipinski definition) is 0. The first-order valence-electron chi connectivity index (χ1n) is 6.75. The van der Waals surface area contributed by atoms with E-state index in [0.29, 0.717) is 0 Å². The van der Waals surface area contributed by atoms with Gasteiger partial charge in [-0.05, 0) is 23.6 Å². The zero-order valence-electron chi connectivity index (χ0n) is 11.6. The predicted octanol–water partition coefficient (Wildman–Crippen LogP) is 6.08. The summed E-state index contributed by atoms with van der Waals surface area (Å²) < 4.78 is 0.